The number of aryl methyl sites for hydroxylation is 1. The average molecular weight is 416 g/mol. The highest BCUT2D eigenvalue weighted by atomic mass is 35.5. The Bertz CT molecular complexity index is 1010. The van der Waals surface area contributed by atoms with Crippen LogP contribution >= 0.6 is 34.7 Å². The molecule has 136 valence electrons. The van der Waals surface area contributed by atoms with Gasteiger partial charge in [0.1, 0.15) is 6.07 Å². The summed E-state index contributed by atoms with van der Waals surface area (Å²) >= 11 is 8.65. The number of carbonyl (C=O) groups excluding carboxylic acids is 1. The number of halogens is 1. The van der Waals surface area contributed by atoms with Crippen molar-refractivity contribution in [2.75, 3.05) is 16.4 Å². The Morgan fingerprint density at radius 2 is 2.11 bits per heavy atom. The molecule has 0 radical (unpaired) electrons. The number of aromatic nitrogens is 2. The highest BCUT2D eigenvalue weighted by Gasteiger charge is 2.10. The van der Waals surface area contributed by atoms with Crippen molar-refractivity contribution in [2.24, 2.45) is 0 Å². The summed E-state index contributed by atoms with van der Waals surface area (Å²) in [5, 5.41) is 24.0. The molecule has 1 aromatic heterocycles. The lowest BCUT2D eigenvalue weighted by molar-refractivity contribution is -0.113. The number of nitrogens with zero attached hydrogens (tertiary/aromatic N) is 3. The Balaban J connectivity index is 1.53. The molecule has 0 saturated carbocycles. The summed E-state index contributed by atoms with van der Waals surface area (Å²) in [4.78, 5) is 12.1. The summed E-state index contributed by atoms with van der Waals surface area (Å²) in [5.41, 5.74) is 3.01. The van der Waals surface area contributed by atoms with E-state index >= 15 is 0 Å². The van der Waals surface area contributed by atoms with Gasteiger partial charge >= 0.3 is 0 Å². The molecule has 27 heavy (non-hydrogen) atoms. The molecular formula is C18H14ClN5OS2. The summed E-state index contributed by atoms with van der Waals surface area (Å²) in [6.45, 7) is 2.02. The Kier molecular flexibility index (Phi) is 6.29. The molecule has 0 aliphatic heterocycles. The maximum Gasteiger partial charge on any atom is 0.234 e. The summed E-state index contributed by atoms with van der Waals surface area (Å²) in [6.07, 6.45) is 0. The highest BCUT2D eigenvalue weighted by molar-refractivity contribution is 8.01. The standard InChI is InChI=1S/C18H14ClN5OS2/c1-11-3-2-4-13(7-11)22-17-23-24-18(27-17)26-10-16(25)21-14-6-5-12(9-20)15(19)8-14/h2-8H,10H2,1H3,(H,21,25)(H,22,23). The van der Waals surface area contributed by atoms with Crippen LogP contribution in [-0.2, 0) is 4.79 Å². The van der Waals surface area contributed by atoms with E-state index in [2.05, 4.69) is 20.8 Å². The Hall–Kier alpha value is -2.60. The van der Waals surface area contributed by atoms with Crippen LogP contribution in [0.4, 0.5) is 16.5 Å². The van der Waals surface area contributed by atoms with Crippen LogP contribution in [-0.4, -0.2) is 21.9 Å². The van der Waals surface area contributed by atoms with Crippen molar-refractivity contribution in [3.63, 3.8) is 0 Å². The van der Waals surface area contributed by atoms with Gasteiger partial charge in [0.05, 0.1) is 16.3 Å². The van der Waals surface area contributed by atoms with Crippen LogP contribution in [0, 0.1) is 18.3 Å². The number of thioether (sulfide) groups is 1. The van der Waals surface area contributed by atoms with Crippen LogP contribution in [0.15, 0.2) is 46.8 Å². The second-order valence-electron chi connectivity index (χ2n) is 5.51. The third-order valence-corrected chi connectivity index (χ3v) is 5.66. The van der Waals surface area contributed by atoms with Crippen molar-refractivity contribution < 1.29 is 4.79 Å². The molecule has 9 heteroatoms. The van der Waals surface area contributed by atoms with Gasteiger partial charge in [-0.1, -0.05) is 46.8 Å². The zero-order chi connectivity index (χ0) is 19.2. The molecule has 0 saturated heterocycles. The molecule has 1 heterocycles. The minimum Gasteiger partial charge on any atom is -0.330 e. The van der Waals surface area contributed by atoms with Gasteiger partial charge in [-0.25, -0.2) is 0 Å². The van der Waals surface area contributed by atoms with Gasteiger partial charge < -0.3 is 10.6 Å². The van der Waals surface area contributed by atoms with E-state index in [1.54, 1.807) is 18.2 Å². The highest BCUT2D eigenvalue weighted by Crippen LogP contribution is 2.28. The first-order valence-corrected chi connectivity index (χ1v) is 10.0. The van der Waals surface area contributed by atoms with Gasteiger partial charge in [-0.05, 0) is 42.8 Å². The van der Waals surface area contributed by atoms with Gasteiger partial charge in [-0.3, -0.25) is 4.79 Å². The molecule has 2 aromatic carbocycles. The third kappa shape index (κ3) is 5.44. The molecule has 0 unspecified atom stereocenters. The smallest absolute Gasteiger partial charge is 0.234 e. The van der Waals surface area contributed by atoms with E-state index < -0.39 is 0 Å². The number of carbonyl (C=O) groups is 1. The van der Waals surface area contributed by atoms with Crippen LogP contribution in [0.2, 0.25) is 5.02 Å². The van der Waals surface area contributed by atoms with Crippen molar-refractivity contribution in [2.45, 2.75) is 11.3 Å². The molecule has 0 aliphatic rings. The topological polar surface area (TPSA) is 90.7 Å². The normalized spacial score (nSPS) is 10.3. The first kappa shape index (κ1) is 19.2. The van der Waals surface area contributed by atoms with Crippen LogP contribution in [0.25, 0.3) is 0 Å². The molecule has 0 aliphatic carbocycles. The molecular weight excluding hydrogens is 402 g/mol. The van der Waals surface area contributed by atoms with Crippen LogP contribution < -0.4 is 10.6 Å². The monoisotopic (exact) mass is 415 g/mol. The van der Waals surface area contributed by atoms with Gasteiger partial charge in [0, 0.05) is 11.4 Å². The maximum atomic E-state index is 12.1. The molecule has 3 aromatic rings. The summed E-state index contributed by atoms with van der Waals surface area (Å²) < 4.78 is 0.693. The van der Waals surface area contributed by atoms with Crippen molar-refractivity contribution in [1.82, 2.24) is 10.2 Å². The van der Waals surface area contributed by atoms with E-state index in [-0.39, 0.29) is 11.7 Å². The van der Waals surface area contributed by atoms with Crippen LogP contribution in [0.1, 0.15) is 11.1 Å². The summed E-state index contributed by atoms with van der Waals surface area (Å²) in [7, 11) is 0. The quantitative estimate of drug-likeness (QED) is 0.559. The molecule has 1 amide bonds. The number of benzene rings is 2. The molecule has 0 atom stereocenters. The number of hydrogen-bond acceptors (Lipinski definition) is 7. The Labute approximate surface area is 169 Å². The van der Waals surface area contributed by atoms with E-state index in [4.69, 9.17) is 16.9 Å². The third-order valence-electron chi connectivity index (χ3n) is 3.38. The van der Waals surface area contributed by atoms with Crippen molar-refractivity contribution in [3.8, 4) is 6.07 Å². The van der Waals surface area contributed by atoms with Crippen molar-refractivity contribution >= 4 is 57.1 Å². The van der Waals surface area contributed by atoms with Gasteiger partial charge in [0.15, 0.2) is 4.34 Å². The predicted molar refractivity (Wildman–Crippen MR) is 110 cm³/mol. The van der Waals surface area contributed by atoms with Crippen LogP contribution in [0.5, 0.6) is 0 Å². The minimum atomic E-state index is -0.191. The predicted octanol–water partition coefficient (Wildman–Crippen LogP) is 4.85. The van der Waals surface area contributed by atoms with Gasteiger partial charge in [0.25, 0.3) is 0 Å². The molecule has 0 spiro atoms. The fourth-order valence-electron chi connectivity index (χ4n) is 2.17. The average Bonchev–Trinajstić information content (AvgIpc) is 3.07. The lowest BCUT2D eigenvalue weighted by Crippen LogP contribution is -2.13. The zero-order valence-electron chi connectivity index (χ0n) is 14.2. The Morgan fingerprint density at radius 3 is 2.85 bits per heavy atom. The van der Waals surface area contributed by atoms with Gasteiger partial charge in [0.2, 0.25) is 11.0 Å². The van der Waals surface area contributed by atoms with Crippen molar-refractivity contribution in [1.29, 1.82) is 5.26 Å². The molecule has 0 fully saturated rings. The van der Waals surface area contributed by atoms with E-state index in [0.29, 0.717) is 25.7 Å². The molecule has 3 rings (SSSR count). The SMILES string of the molecule is Cc1cccc(Nc2nnc(SCC(=O)Nc3ccc(C#N)c(Cl)c3)s2)c1. The first-order valence-electron chi connectivity index (χ1n) is 7.83. The van der Waals surface area contributed by atoms with Gasteiger partial charge in [-0.15, -0.1) is 10.2 Å². The summed E-state index contributed by atoms with van der Waals surface area (Å²) in [5.74, 6) is 0.000584. The maximum absolute atomic E-state index is 12.1. The number of nitrogens with one attached hydrogen (secondary N) is 2. The fraction of sp³-hybridized carbons (Fsp3) is 0.111. The van der Waals surface area contributed by atoms with E-state index in [0.717, 1.165) is 11.3 Å². The number of nitriles is 1. The van der Waals surface area contributed by atoms with E-state index in [1.807, 2.05) is 37.3 Å². The zero-order valence-corrected chi connectivity index (χ0v) is 16.6. The Morgan fingerprint density at radius 1 is 1.26 bits per heavy atom. The van der Waals surface area contributed by atoms with Gasteiger partial charge in [-0.2, -0.15) is 5.26 Å². The molecule has 2 N–H and O–H groups in total. The molecule has 0 bridgehead atoms. The van der Waals surface area contributed by atoms with Crippen molar-refractivity contribution in [3.05, 3.63) is 58.6 Å². The minimum absolute atomic E-state index is 0.191. The lowest BCUT2D eigenvalue weighted by Gasteiger charge is -2.05. The molecule has 6 nitrogen and oxygen atoms in total. The first-order chi connectivity index (χ1) is 13.0. The summed E-state index contributed by atoms with van der Waals surface area (Å²) in [6, 6.07) is 14.7. The second-order valence-corrected chi connectivity index (χ2v) is 8.12. The number of rotatable bonds is 6. The lowest BCUT2D eigenvalue weighted by atomic mass is 10.2. The number of amides is 1. The number of anilines is 3. The number of hydrogen-bond donors (Lipinski definition) is 2. The van der Waals surface area contributed by atoms with Crippen LogP contribution in [0.3, 0.4) is 0 Å². The largest absolute Gasteiger partial charge is 0.330 e. The van der Waals surface area contributed by atoms with E-state index in [9.17, 15) is 4.79 Å². The fourth-order valence-corrected chi connectivity index (χ4v) is 3.97. The van der Waals surface area contributed by atoms with E-state index in [1.165, 1.54) is 23.1 Å². The second kappa shape index (κ2) is 8.86.